The van der Waals surface area contributed by atoms with Crippen LogP contribution in [0.2, 0.25) is 0 Å². The smallest absolute Gasteiger partial charge is 0.191 e. The first-order chi connectivity index (χ1) is 11.7. The molecular formula is C17H35IN6S. The number of hydrogen-bond donors (Lipinski definition) is 2. The molecule has 2 N–H and O–H groups in total. The molecule has 0 fully saturated rings. The van der Waals surface area contributed by atoms with Crippen LogP contribution in [0.25, 0.3) is 0 Å². The lowest BCUT2D eigenvalue weighted by Gasteiger charge is -2.18. The monoisotopic (exact) mass is 482 g/mol. The molecule has 0 aliphatic heterocycles. The molecule has 0 amide bonds. The second kappa shape index (κ2) is 15.7. The summed E-state index contributed by atoms with van der Waals surface area (Å²) in [6.07, 6.45) is 9.82. The molecule has 8 heteroatoms. The molecule has 1 unspecified atom stereocenters. The molecule has 0 saturated carbocycles. The third-order valence-electron chi connectivity index (χ3n) is 3.85. The number of aryl methyl sites for hydroxylation is 1. The largest absolute Gasteiger partial charge is 0.355 e. The molecule has 0 aromatic carbocycles. The first-order valence-corrected chi connectivity index (χ1v) is 10.5. The van der Waals surface area contributed by atoms with E-state index in [1.807, 2.05) is 11.8 Å². The zero-order valence-corrected chi connectivity index (χ0v) is 19.3. The van der Waals surface area contributed by atoms with Crippen LogP contribution in [0.15, 0.2) is 11.3 Å². The number of hydrogen-bond acceptors (Lipinski definition) is 4. The fourth-order valence-corrected chi connectivity index (χ4v) is 2.72. The van der Waals surface area contributed by atoms with Crippen molar-refractivity contribution in [3.63, 3.8) is 0 Å². The lowest BCUT2D eigenvalue weighted by atomic mass is 10.1. The normalized spacial score (nSPS) is 12.6. The van der Waals surface area contributed by atoms with Gasteiger partial charge in [-0.05, 0) is 19.6 Å². The van der Waals surface area contributed by atoms with Gasteiger partial charge in [-0.15, -0.1) is 34.2 Å². The first-order valence-electron chi connectivity index (χ1n) is 9.11. The van der Waals surface area contributed by atoms with Crippen LogP contribution in [-0.4, -0.2) is 51.9 Å². The van der Waals surface area contributed by atoms with Crippen molar-refractivity contribution in [2.45, 2.75) is 65.5 Å². The van der Waals surface area contributed by atoms with E-state index in [-0.39, 0.29) is 24.0 Å². The SMILES string of the molecule is CCCCCC(C)NC(=NCCSC)NCCn1cnnc1CC.I. The van der Waals surface area contributed by atoms with Gasteiger partial charge < -0.3 is 15.2 Å². The Kier molecular flexibility index (Phi) is 15.4. The predicted molar refractivity (Wildman–Crippen MR) is 120 cm³/mol. The number of unbranched alkanes of at least 4 members (excludes halogenated alkanes) is 2. The number of nitrogens with zero attached hydrogens (tertiary/aromatic N) is 4. The van der Waals surface area contributed by atoms with Gasteiger partial charge in [0.05, 0.1) is 6.54 Å². The van der Waals surface area contributed by atoms with E-state index in [1.165, 1.54) is 25.7 Å². The van der Waals surface area contributed by atoms with Gasteiger partial charge in [0.25, 0.3) is 0 Å². The van der Waals surface area contributed by atoms with E-state index in [0.717, 1.165) is 43.6 Å². The second-order valence-corrected chi connectivity index (χ2v) is 6.97. The van der Waals surface area contributed by atoms with E-state index in [9.17, 15) is 0 Å². The Labute approximate surface area is 174 Å². The van der Waals surface area contributed by atoms with Gasteiger partial charge in [-0.2, -0.15) is 11.8 Å². The number of rotatable bonds is 12. The van der Waals surface area contributed by atoms with Gasteiger partial charge in [-0.25, -0.2) is 0 Å². The Morgan fingerprint density at radius 3 is 2.84 bits per heavy atom. The Hall–Kier alpha value is -0.510. The molecular weight excluding hydrogens is 447 g/mol. The van der Waals surface area contributed by atoms with E-state index in [1.54, 1.807) is 6.33 Å². The molecule has 6 nitrogen and oxygen atoms in total. The van der Waals surface area contributed by atoms with E-state index in [0.29, 0.717) is 6.04 Å². The zero-order chi connectivity index (χ0) is 17.6. The molecule has 25 heavy (non-hydrogen) atoms. The summed E-state index contributed by atoms with van der Waals surface area (Å²) in [7, 11) is 0. The fraction of sp³-hybridized carbons (Fsp3) is 0.824. The van der Waals surface area contributed by atoms with E-state index < -0.39 is 0 Å². The number of aromatic nitrogens is 3. The highest BCUT2D eigenvalue weighted by molar-refractivity contribution is 14.0. The average molecular weight is 482 g/mol. The number of nitrogens with one attached hydrogen (secondary N) is 2. The molecule has 0 aliphatic carbocycles. The number of aliphatic imine (C=N–C) groups is 1. The number of thioether (sulfide) groups is 1. The Morgan fingerprint density at radius 2 is 2.16 bits per heavy atom. The molecule has 1 rings (SSSR count). The third-order valence-corrected chi connectivity index (χ3v) is 4.44. The summed E-state index contributed by atoms with van der Waals surface area (Å²) in [6.45, 7) is 9.08. The molecule has 1 aromatic rings. The highest BCUT2D eigenvalue weighted by Crippen LogP contribution is 2.03. The summed E-state index contributed by atoms with van der Waals surface area (Å²) in [5.74, 6) is 2.99. The maximum absolute atomic E-state index is 4.68. The van der Waals surface area contributed by atoms with Crippen LogP contribution in [0.5, 0.6) is 0 Å². The molecule has 1 heterocycles. The average Bonchev–Trinajstić information content (AvgIpc) is 3.02. The van der Waals surface area contributed by atoms with Gasteiger partial charge in [0.2, 0.25) is 0 Å². The van der Waals surface area contributed by atoms with E-state index in [4.69, 9.17) is 0 Å². The van der Waals surface area contributed by atoms with Crippen LogP contribution in [0.1, 0.15) is 52.3 Å². The highest BCUT2D eigenvalue weighted by Gasteiger charge is 2.06. The molecule has 1 aromatic heterocycles. The zero-order valence-electron chi connectivity index (χ0n) is 16.1. The molecule has 0 aliphatic rings. The van der Waals surface area contributed by atoms with Crippen molar-refractivity contribution in [1.29, 1.82) is 0 Å². The predicted octanol–water partition coefficient (Wildman–Crippen LogP) is 3.33. The van der Waals surface area contributed by atoms with E-state index in [2.05, 4.69) is 57.4 Å². The van der Waals surface area contributed by atoms with Crippen molar-refractivity contribution in [1.82, 2.24) is 25.4 Å². The molecule has 0 saturated heterocycles. The van der Waals surface area contributed by atoms with Crippen LogP contribution in [0, 0.1) is 0 Å². The lowest BCUT2D eigenvalue weighted by Crippen LogP contribution is -2.43. The summed E-state index contributed by atoms with van der Waals surface area (Å²) >= 11 is 1.82. The van der Waals surface area contributed by atoms with Gasteiger partial charge in [0, 0.05) is 31.3 Å². The van der Waals surface area contributed by atoms with Crippen molar-refractivity contribution in [3.05, 3.63) is 12.2 Å². The molecule has 0 spiro atoms. The van der Waals surface area contributed by atoms with E-state index >= 15 is 0 Å². The maximum atomic E-state index is 4.68. The van der Waals surface area contributed by atoms with Crippen molar-refractivity contribution in [2.24, 2.45) is 4.99 Å². The second-order valence-electron chi connectivity index (χ2n) is 5.99. The first kappa shape index (κ1) is 24.5. The van der Waals surface area contributed by atoms with Crippen molar-refractivity contribution < 1.29 is 0 Å². The van der Waals surface area contributed by atoms with Crippen molar-refractivity contribution in [2.75, 3.05) is 25.1 Å². The third kappa shape index (κ3) is 10.9. The van der Waals surface area contributed by atoms with Crippen LogP contribution in [0.4, 0.5) is 0 Å². The Bertz CT molecular complexity index is 466. The molecule has 0 bridgehead atoms. The topological polar surface area (TPSA) is 67.1 Å². The van der Waals surface area contributed by atoms with Crippen molar-refractivity contribution in [3.8, 4) is 0 Å². The minimum absolute atomic E-state index is 0. The molecule has 146 valence electrons. The Balaban J connectivity index is 0.00000576. The van der Waals surface area contributed by atoms with Gasteiger partial charge in [0.15, 0.2) is 5.96 Å². The lowest BCUT2D eigenvalue weighted by molar-refractivity contribution is 0.542. The minimum Gasteiger partial charge on any atom is -0.355 e. The maximum Gasteiger partial charge on any atom is 0.191 e. The quantitative estimate of drug-likeness (QED) is 0.207. The van der Waals surface area contributed by atoms with Gasteiger partial charge in [-0.1, -0.05) is 33.1 Å². The standard InChI is InChI=1S/C17H34N6S.HI/c1-5-7-8-9-15(3)21-17(19-11-13-24-4)18-10-12-23-14-20-22-16(23)6-2;/h14-15H,5-13H2,1-4H3,(H2,18,19,21);1H. The van der Waals surface area contributed by atoms with Gasteiger partial charge >= 0.3 is 0 Å². The Morgan fingerprint density at radius 1 is 1.36 bits per heavy atom. The summed E-state index contributed by atoms with van der Waals surface area (Å²) in [4.78, 5) is 4.68. The van der Waals surface area contributed by atoms with Crippen LogP contribution in [-0.2, 0) is 13.0 Å². The summed E-state index contributed by atoms with van der Waals surface area (Å²) in [5, 5.41) is 15.1. The number of halogens is 1. The van der Waals surface area contributed by atoms with Gasteiger partial charge in [0.1, 0.15) is 12.2 Å². The van der Waals surface area contributed by atoms with Crippen LogP contribution < -0.4 is 10.6 Å². The molecule has 0 radical (unpaired) electrons. The minimum atomic E-state index is 0. The van der Waals surface area contributed by atoms with Gasteiger partial charge in [-0.3, -0.25) is 4.99 Å². The summed E-state index contributed by atoms with van der Waals surface area (Å²) in [5.41, 5.74) is 0. The summed E-state index contributed by atoms with van der Waals surface area (Å²) in [6, 6.07) is 0.443. The summed E-state index contributed by atoms with van der Waals surface area (Å²) < 4.78 is 2.09. The molecule has 1 atom stereocenters. The van der Waals surface area contributed by atoms with Crippen LogP contribution >= 0.6 is 35.7 Å². The van der Waals surface area contributed by atoms with Crippen molar-refractivity contribution >= 4 is 41.7 Å². The van der Waals surface area contributed by atoms with Crippen LogP contribution in [0.3, 0.4) is 0 Å². The number of guanidine groups is 1. The fourth-order valence-electron chi connectivity index (χ4n) is 2.44. The highest BCUT2D eigenvalue weighted by atomic mass is 127.